The van der Waals surface area contributed by atoms with E-state index < -0.39 is 0 Å². The summed E-state index contributed by atoms with van der Waals surface area (Å²) in [6.45, 7) is 2.19. The highest BCUT2D eigenvalue weighted by Gasteiger charge is 2.20. The van der Waals surface area contributed by atoms with Gasteiger partial charge in [0, 0.05) is 32.3 Å². The van der Waals surface area contributed by atoms with Gasteiger partial charge in [-0.05, 0) is 12.1 Å². The lowest BCUT2D eigenvalue weighted by molar-refractivity contribution is 0.239. The number of fused-ring (bicyclic) bond motifs is 1. The van der Waals surface area contributed by atoms with Gasteiger partial charge in [-0.15, -0.1) is 0 Å². The van der Waals surface area contributed by atoms with Crippen LogP contribution in [0.25, 0.3) is 0 Å². The van der Waals surface area contributed by atoms with Gasteiger partial charge in [-0.1, -0.05) is 6.07 Å². The topological polar surface area (TPSA) is 87.9 Å². The normalized spacial score (nSPS) is 15.2. The average Bonchev–Trinajstić information content (AvgIpc) is 2.40. The van der Waals surface area contributed by atoms with Crippen LogP contribution in [0.3, 0.4) is 0 Å². The molecule has 3 rings (SSSR count). The van der Waals surface area contributed by atoms with Crippen LogP contribution in [0.15, 0.2) is 29.2 Å². The van der Waals surface area contributed by atoms with Gasteiger partial charge in [0.15, 0.2) is 0 Å². The van der Waals surface area contributed by atoms with Gasteiger partial charge in [0.1, 0.15) is 0 Å². The predicted molar refractivity (Wildman–Crippen MR) is 71.3 cm³/mol. The molecule has 3 heterocycles. The van der Waals surface area contributed by atoms with Gasteiger partial charge in [-0.3, -0.25) is 19.7 Å². The molecule has 0 radical (unpaired) electrons. The van der Waals surface area contributed by atoms with Crippen molar-refractivity contribution < 1.29 is 0 Å². The van der Waals surface area contributed by atoms with Crippen molar-refractivity contribution in [3.05, 3.63) is 51.7 Å². The molecule has 98 valence electrons. The monoisotopic (exact) mass is 257 g/mol. The Morgan fingerprint density at radius 1 is 1.42 bits per heavy atom. The molecule has 0 amide bonds. The summed E-state index contributed by atoms with van der Waals surface area (Å²) in [5.41, 5.74) is 7.96. The van der Waals surface area contributed by atoms with Gasteiger partial charge < -0.3 is 5.73 Å². The van der Waals surface area contributed by atoms with Crippen molar-refractivity contribution in [1.29, 1.82) is 0 Å². The Kier molecular flexibility index (Phi) is 3.00. The number of aromatic nitrogens is 3. The molecule has 6 nitrogen and oxygen atoms in total. The zero-order valence-electron chi connectivity index (χ0n) is 10.5. The number of hydrogen-bond donors (Lipinski definition) is 2. The van der Waals surface area contributed by atoms with Crippen LogP contribution < -0.4 is 11.3 Å². The first kappa shape index (κ1) is 11.9. The smallest absolute Gasteiger partial charge is 0.257 e. The molecular weight excluding hydrogens is 242 g/mol. The molecule has 19 heavy (non-hydrogen) atoms. The summed E-state index contributed by atoms with van der Waals surface area (Å²) >= 11 is 0. The van der Waals surface area contributed by atoms with Crippen molar-refractivity contribution in [2.75, 3.05) is 12.3 Å². The minimum atomic E-state index is -0.131. The first-order chi connectivity index (χ1) is 9.22. The zero-order chi connectivity index (χ0) is 13.2. The first-order valence-corrected chi connectivity index (χ1v) is 6.22. The number of nitrogens with two attached hydrogens (primary N) is 1. The zero-order valence-corrected chi connectivity index (χ0v) is 10.5. The highest BCUT2D eigenvalue weighted by Crippen LogP contribution is 2.15. The predicted octanol–water partition coefficient (Wildman–Crippen LogP) is 0.305. The average molecular weight is 257 g/mol. The number of nitrogens with one attached hydrogen (secondary N) is 1. The van der Waals surface area contributed by atoms with Crippen LogP contribution >= 0.6 is 0 Å². The minimum absolute atomic E-state index is 0.131. The van der Waals surface area contributed by atoms with Crippen molar-refractivity contribution in [3.63, 3.8) is 0 Å². The number of pyridine rings is 1. The molecule has 0 spiro atoms. The molecule has 0 fully saturated rings. The van der Waals surface area contributed by atoms with Gasteiger partial charge >= 0.3 is 0 Å². The first-order valence-electron chi connectivity index (χ1n) is 6.22. The molecule has 0 bridgehead atoms. The second-order valence-corrected chi connectivity index (χ2v) is 4.66. The SMILES string of the molecule is Nc1nc2c(c(=O)[nH]1)CN(Cc1ccccn1)CC2. The summed E-state index contributed by atoms with van der Waals surface area (Å²) < 4.78 is 0. The van der Waals surface area contributed by atoms with Crippen molar-refractivity contribution in [3.8, 4) is 0 Å². The third-order valence-electron chi connectivity index (χ3n) is 3.28. The minimum Gasteiger partial charge on any atom is -0.369 e. The van der Waals surface area contributed by atoms with E-state index in [2.05, 4.69) is 19.9 Å². The molecule has 3 N–H and O–H groups in total. The van der Waals surface area contributed by atoms with E-state index >= 15 is 0 Å². The summed E-state index contributed by atoms with van der Waals surface area (Å²) in [5.74, 6) is 0.196. The van der Waals surface area contributed by atoms with E-state index in [-0.39, 0.29) is 11.5 Å². The number of H-pyrrole nitrogens is 1. The van der Waals surface area contributed by atoms with Crippen molar-refractivity contribution >= 4 is 5.95 Å². The number of rotatable bonds is 2. The van der Waals surface area contributed by atoms with E-state index in [0.717, 1.165) is 36.5 Å². The summed E-state index contributed by atoms with van der Waals surface area (Å²) in [7, 11) is 0. The number of hydrogen-bond acceptors (Lipinski definition) is 5. The Morgan fingerprint density at radius 2 is 2.32 bits per heavy atom. The van der Waals surface area contributed by atoms with E-state index in [9.17, 15) is 4.79 Å². The van der Waals surface area contributed by atoms with Gasteiger partial charge in [-0.2, -0.15) is 0 Å². The van der Waals surface area contributed by atoms with Crippen LogP contribution in [0.1, 0.15) is 17.0 Å². The molecule has 0 atom stereocenters. The summed E-state index contributed by atoms with van der Waals surface area (Å²) in [4.78, 5) is 25.1. The molecule has 2 aromatic heterocycles. The molecule has 0 unspecified atom stereocenters. The van der Waals surface area contributed by atoms with Crippen molar-refractivity contribution in [1.82, 2.24) is 19.9 Å². The molecule has 0 saturated heterocycles. The molecular formula is C13H15N5O. The van der Waals surface area contributed by atoms with Crippen LogP contribution in [-0.4, -0.2) is 26.4 Å². The molecule has 0 aromatic carbocycles. The summed E-state index contributed by atoms with van der Waals surface area (Å²) in [6.07, 6.45) is 2.53. The number of nitrogens with zero attached hydrogens (tertiary/aromatic N) is 3. The largest absolute Gasteiger partial charge is 0.369 e. The van der Waals surface area contributed by atoms with Crippen LogP contribution in [-0.2, 0) is 19.5 Å². The Balaban J connectivity index is 1.81. The molecule has 2 aromatic rings. The van der Waals surface area contributed by atoms with E-state index in [1.165, 1.54) is 0 Å². The fraction of sp³-hybridized carbons (Fsp3) is 0.308. The third kappa shape index (κ3) is 2.48. The fourth-order valence-corrected chi connectivity index (χ4v) is 2.36. The molecule has 0 aliphatic carbocycles. The van der Waals surface area contributed by atoms with Gasteiger partial charge in [0.2, 0.25) is 5.95 Å². The Hall–Kier alpha value is -2.21. The maximum Gasteiger partial charge on any atom is 0.257 e. The van der Waals surface area contributed by atoms with Crippen LogP contribution in [0.2, 0.25) is 0 Å². The number of nitrogen functional groups attached to an aromatic ring is 1. The fourth-order valence-electron chi connectivity index (χ4n) is 2.36. The second kappa shape index (κ2) is 4.81. The quantitative estimate of drug-likeness (QED) is 0.808. The Bertz CT molecular complexity index is 637. The summed E-state index contributed by atoms with van der Waals surface area (Å²) in [5, 5.41) is 0. The molecule has 0 saturated carbocycles. The lowest BCUT2D eigenvalue weighted by atomic mass is 10.1. The highest BCUT2D eigenvalue weighted by molar-refractivity contribution is 5.27. The molecule has 1 aliphatic heterocycles. The van der Waals surface area contributed by atoms with Gasteiger partial charge in [-0.25, -0.2) is 4.98 Å². The van der Waals surface area contributed by atoms with E-state index in [1.807, 2.05) is 18.2 Å². The highest BCUT2D eigenvalue weighted by atomic mass is 16.1. The Morgan fingerprint density at radius 3 is 3.11 bits per heavy atom. The van der Waals surface area contributed by atoms with Crippen LogP contribution in [0, 0.1) is 0 Å². The van der Waals surface area contributed by atoms with Crippen LogP contribution in [0.5, 0.6) is 0 Å². The standard InChI is InChI=1S/C13H15N5O/c14-13-16-11-4-6-18(8-10(11)12(19)17-13)7-9-3-1-2-5-15-9/h1-3,5H,4,6-8H2,(H3,14,16,17,19). The number of aromatic amines is 1. The molecule has 1 aliphatic rings. The van der Waals surface area contributed by atoms with E-state index in [4.69, 9.17) is 5.73 Å². The lowest BCUT2D eigenvalue weighted by Crippen LogP contribution is -2.35. The second-order valence-electron chi connectivity index (χ2n) is 4.66. The van der Waals surface area contributed by atoms with Crippen molar-refractivity contribution in [2.24, 2.45) is 0 Å². The maximum absolute atomic E-state index is 11.9. The van der Waals surface area contributed by atoms with Gasteiger partial charge in [0.25, 0.3) is 5.56 Å². The third-order valence-corrected chi connectivity index (χ3v) is 3.28. The van der Waals surface area contributed by atoms with E-state index in [0.29, 0.717) is 6.54 Å². The molecule has 6 heteroatoms. The van der Waals surface area contributed by atoms with E-state index in [1.54, 1.807) is 6.20 Å². The Labute approximate surface area is 110 Å². The number of anilines is 1. The van der Waals surface area contributed by atoms with Gasteiger partial charge in [0.05, 0.1) is 17.0 Å². The van der Waals surface area contributed by atoms with Crippen LogP contribution in [0.4, 0.5) is 5.95 Å². The lowest BCUT2D eigenvalue weighted by Gasteiger charge is -2.27. The maximum atomic E-state index is 11.9. The van der Waals surface area contributed by atoms with Crippen molar-refractivity contribution in [2.45, 2.75) is 19.5 Å². The summed E-state index contributed by atoms with van der Waals surface area (Å²) in [6, 6.07) is 5.85.